The van der Waals surface area contributed by atoms with E-state index in [9.17, 15) is 4.79 Å². The zero-order chi connectivity index (χ0) is 10.6. The van der Waals surface area contributed by atoms with Crippen LogP contribution in [-0.2, 0) is 9.53 Å². The van der Waals surface area contributed by atoms with Crippen molar-refractivity contribution in [2.45, 2.75) is 26.3 Å². The second-order valence-corrected chi connectivity index (χ2v) is 2.80. The van der Waals surface area contributed by atoms with Gasteiger partial charge in [0, 0.05) is 0 Å². The van der Waals surface area contributed by atoms with Gasteiger partial charge in [-0.1, -0.05) is 12.1 Å². The number of rotatable bonds is 4. The van der Waals surface area contributed by atoms with Crippen LogP contribution in [0.25, 0.3) is 0 Å². The molecule has 0 saturated carbocycles. The largest absolute Gasteiger partial charge is 0.464 e. The maximum Gasteiger partial charge on any atom is 0.330 e. The van der Waals surface area contributed by atoms with Gasteiger partial charge in [0.1, 0.15) is 0 Å². The fourth-order valence-corrected chi connectivity index (χ4v) is 1.14. The summed E-state index contributed by atoms with van der Waals surface area (Å²) >= 11 is 0. The molecule has 1 unspecified atom stereocenters. The van der Waals surface area contributed by atoms with Crippen molar-refractivity contribution in [3.63, 3.8) is 0 Å². The van der Waals surface area contributed by atoms with E-state index in [0.717, 1.165) is 0 Å². The van der Waals surface area contributed by atoms with Crippen molar-refractivity contribution in [3.8, 4) is 0 Å². The maximum atomic E-state index is 11.4. The summed E-state index contributed by atoms with van der Waals surface area (Å²) in [5.41, 5.74) is 5.40. The lowest BCUT2D eigenvalue weighted by Crippen LogP contribution is -2.21. The fraction of sp³-hybridized carbons (Fsp3) is 0.625. The molecule has 1 rings (SSSR count). The van der Waals surface area contributed by atoms with Gasteiger partial charge in [-0.3, -0.25) is 0 Å². The van der Waals surface area contributed by atoms with Crippen molar-refractivity contribution in [2.24, 2.45) is 0 Å². The number of ether oxygens (including phenoxy) is 1. The van der Waals surface area contributed by atoms with Gasteiger partial charge in [-0.2, -0.15) is 0 Å². The first-order valence-electron chi connectivity index (χ1n) is 4.53. The van der Waals surface area contributed by atoms with Gasteiger partial charge >= 0.3 is 5.97 Å². The van der Waals surface area contributed by atoms with Crippen molar-refractivity contribution in [2.75, 3.05) is 12.3 Å². The molecule has 0 amide bonds. The molecule has 0 radical (unpaired) electrons. The SMILES string of the molecule is CCOC(=O)C(CC)n1cc(N)nn1. The molecule has 6 heteroatoms. The van der Waals surface area contributed by atoms with E-state index in [1.807, 2.05) is 6.92 Å². The van der Waals surface area contributed by atoms with Crippen LogP contribution >= 0.6 is 0 Å². The number of nitrogen functional groups attached to an aromatic ring is 1. The molecule has 0 bridgehead atoms. The van der Waals surface area contributed by atoms with E-state index in [2.05, 4.69) is 10.3 Å². The van der Waals surface area contributed by atoms with E-state index >= 15 is 0 Å². The van der Waals surface area contributed by atoms with Gasteiger partial charge < -0.3 is 10.5 Å². The average Bonchev–Trinajstić information content (AvgIpc) is 2.54. The minimum atomic E-state index is -0.431. The normalized spacial score (nSPS) is 12.4. The molecule has 0 fully saturated rings. The number of esters is 1. The molecule has 0 spiro atoms. The van der Waals surface area contributed by atoms with Crippen LogP contribution in [0.15, 0.2) is 6.20 Å². The van der Waals surface area contributed by atoms with Gasteiger partial charge in [0.05, 0.1) is 12.8 Å². The number of hydrogen-bond acceptors (Lipinski definition) is 5. The van der Waals surface area contributed by atoms with Crippen LogP contribution in [0.4, 0.5) is 5.82 Å². The smallest absolute Gasteiger partial charge is 0.330 e. The summed E-state index contributed by atoms with van der Waals surface area (Å²) in [5, 5.41) is 7.34. The van der Waals surface area contributed by atoms with Crippen molar-refractivity contribution in [1.82, 2.24) is 15.0 Å². The number of nitrogens with zero attached hydrogens (tertiary/aromatic N) is 3. The third kappa shape index (κ3) is 2.21. The second kappa shape index (κ2) is 4.59. The zero-order valence-corrected chi connectivity index (χ0v) is 8.30. The molecule has 0 aliphatic heterocycles. The first-order chi connectivity index (χ1) is 6.69. The molecule has 1 heterocycles. The van der Waals surface area contributed by atoms with Crippen LogP contribution in [-0.4, -0.2) is 27.6 Å². The van der Waals surface area contributed by atoms with Crippen LogP contribution in [0, 0.1) is 0 Å². The number of carbonyl (C=O) groups is 1. The Balaban J connectivity index is 2.76. The topological polar surface area (TPSA) is 83.0 Å². The Morgan fingerprint density at radius 1 is 1.71 bits per heavy atom. The van der Waals surface area contributed by atoms with Gasteiger partial charge in [0.15, 0.2) is 11.9 Å². The molecule has 78 valence electrons. The van der Waals surface area contributed by atoms with Crippen molar-refractivity contribution in [1.29, 1.82) is 0 Å². The number of aromatic nitrogens is 3. The highest BCUT2D eigenvalue weighted by Crippen LogP contribution is 2.12. The van der Waals surface area contributed by atoms with Crippen LogP contribution in [0.1, 0.15) is 26.3 Å². The van der Waals surface area contributed by atoms with Crippen molar-refractivity contribution in [3.05, 3.63) is 6.20 Å². The molecule has 1 aromatic rings. The molecule has 0 aromatic carbocycles. The summed E-state index contributed by atoms with van der Waals surface area (Å²) in [6.07, 6.45) is 2.12. The monoisotopic (exact) mass is 198 g/mol. The Bertz CT molecular complexity index is 310. The summed E-state index contributed by atoms with van der Waals surface area (Å²) in [5.74, 6) is -0.00681. The Hall–Kier alpha value is -1.59. The highest BCUT2D eigenvalue weighted by molar-refractivity contribution is 5.74. The summed E-state index contributed by atoms with van der Waals surface area (Å²) in [4.78, 5) is 11.4. The van der Waals surface area contributed by atoms with E-state index in [1.165, 1.54) is 10.9 Å². The molecule has 1 aromatic heterocycles. The van der Waals surface area contributed by atoms with Gasteiger partial charge in [-0.15, -0.1) is 5.10 Å². The van der Waals surface area contributed by atoms with E-state index < -0.39 is 6.04 Å². The summed E-state index contributed by atoms with van der Waals surface area (Å²) in [6, 6.07) is -0.431. The van der Waals surface area contributed by atoms with Crippen LogP contribution in [0.3, 0.4) is 0 Å². The number of nitrogens with two attached hydrogens (primary N) is 1. The highest BCUT2D eigenvalue weighted by Gasteiger charge is 2.20. The Morgan fingerprint density at radius 3 is 2.86 bits per heavy atom. The molecule has 6 nitrogen and oxygen atoms in total. The molecule has 1 atom stereocenters. The number of hydrogen-bond donors (Lipinski definition) is 1. The minimum absolute atomic E-state index is 0.299. The Labute approximate surface area is 82.0 Å². The zero-order valence-electron chi connectivity index (χ0n) is 8.30. The van der Waals surface area contributed by atoms with Crippen molar-refractivity contribution < 1.29 is 9.53 Å². The molecule has 2 N–H and O–H groups in total. The Morgan fingerprint density at radius 2 is 2.43 bits per heavy atom. The van der Waals surface area contributed by atoms with E-state index in [0.29, 0.717) is 18.8 Å². The lowest BCUT2D eigenvalue weighted by Gasteiger charge is -2.12. The van der Waals surface area contributed by atoms with Gasteiger partial charge in [0.25, 0.3) is 0 Å². The van der Waals surface area contributed by atoms with E-state index in [-0.39, 0.29) is 5.97 Å². The molecular weight excluding hydrogens is 184 g/mol. The minimum Gasteiger partial charge on any atom is -0.464 e. The first kappa shape index (κ1) is 10.5. The third-order valence-corrected chi connectivity index (χ3v) is 1.79. The first-order valence-corrected chi connectivity index (χ1v) is 4.53. The average molecular weight is 198 g/mol. The fourth-order valence-electron chi connectivity index (χ4n) is 1.14. The van der Waals surface area contributed by atoms with Crippen LogP contribution in [0.5, 0.6) is 0 Å². The van der Waals surface area contributed by atoms with E-state index in [1.54, 1.807) is 6.92 Å². The molecular formula is C8H14N4O2. The number of carbonyl (C=O) groups excluding carboxylic acids is 1. The molecule has 0 aliphatic carbocycles. The van der Waals surface area contributed by atoms with E-state index in [4.69, 9.17) is 10.5 Å². The molecule has 0 saturated heterocycles. The van der Waals surface area contributed by atoms with Gasteiger partial charge in [-0.25, -0.2) is 9.48 Å². The molecule has 14 heavy (non-hydrogen) atoms. The predicted molar refractivity (Wildman–Crippen MR) is 50.4 cm³/mol. The van der Waals surface area contributed by atoms with Gasteiger partial charge in [0.2, 0.25) is 0 Å². The number of anilines is 1. The van der Waals surface area contributed by atoms with Crippen LogP contribution < -0.4 is 5.73 Å². The lowest BCUT2D eigenvalue weighted by molar-refractivity contribution is -0.147. The molecule has 0 aliphatic rings. The quantitative estimate of drug-likeness (QED) is 0.707. The summed E-state index contributed by atoms with van der Waals surface area (Å²) < 4.78 is 6.31. The van der Waals surface area contributed by atoms with Crippen molar-refractivity contribution >= 4 is 11.8 Å². The van der Waals surface area contributed by atoms with Crippen LogP contribution in [0.2, 0.25) is 0 Å². The standard InChI is InChI=1S/C8H14N4O2/c1-3-6(8(13)14-4-2)12-5-7(9)10-11-12/h5-6H,3-4,9H2,1-2H3. The Kier molecular flexibility index (Phi) is 3.44. The third-order valence-electron chi connectivity index (χ3n) is 1.79. The summed E-state index contributed by atoms with van der Waals surface area (Å²) in [6.45, 7) is 4.00. The van der Waals surface area contributed by atoms with Gasteiger partial charge in [-0.05, 0) is 13.3 Å². The maximum absolute atomic E-state index is 11.4. The lowest BCUT2D eigenvalue weighted by atomic mass is 10.2. The summed E-state index contributed by atoms with van der Waals surface area (Å²) in [7, 11) is 0. The predicted octanol–water partition coefficient (Wildman–Crippen LogP) is 0.374. The second-order valence-electron chi connectivity index (χ2n) is 2.80. The highest BCUT2D eigenvalue weighted by atomic mass is 16.5.